The van der Waals surface area contributed by atoms with E-state index in [0.717, 1.165) is 11.4 Å². The fraction of sp³-hybridized carbons (Fsp3) is 0.467. The third-order valence-corrected chi connectivity index (χ3v) is 3.35. The van der Waals surface area contributed by atoms with Gasteiger partial charge in [-0.3, -0.25) is 0 Å². The van der Waals surface area contributed by atoms with Crippen molar-refractivity contribution >= 4 is 11.4 Å². The molecule has 0 saturated carbocycles. The van der Waals surface area contributed by atoms with E-state index in [-0.39, 0.29) is 6.10 Å². The van der Waals surface area contributed by atoms with Crippen molar-refractivity contribution in [1.29, 1.82) is 0 Å². The van der Waals surface area contributed by atoms with Crippen LogP contribution in [0.2, 0.25) is 0 Å². The zero-order chi connectivity index (χ0) is 15.4. The summed E-state index contributed by atoms with van der Waals surface area (Å²) < 4.78 is 10.5. The van der Waals surface area contributed by atoms with Gasteiger partial charge in [-0.1, -0.05) is 17.3 Å². The summed E-state index contributed by atoms with van der Waals surface area (Å²) in [6, 6.07) is 8.20. The van der Waals surface area contributed by atoms with Gasteiger partial charge in [-0.25, -0.2) is 0 Å². The monoisotopic (exact) mass is 290 g/mol. The molecule has 0 saturated heterocycles. The van der Waals surface area contributed by atoms with Crippen molar-refractivity contribution in [3.8, 4) is 0 Å². The standard InChI is InChI=1S/C15H22N4O2/c1-11(20-5)15-16-14(21-17-15)10-19(4)13-9-7-6-8-12(13)18(2)3/h6-9,11H,10H2,1-5H3. The molecule has 0 fully saturated rings. The lowest BCUT2D eigenvalue weighted by Crippen LogP contribution is -2.20. The molecule has 2 aromatic rings. The minimum Gasteiger partial charge on any atom is -0.376 e. The van der Waals surface area contributed by atoms with Crippen LogP contribution in [0.25, 0.3) is 0 Å². The van der Waals surface area contributed by atoms with Crippen molar-refractivity contribution in [2.75, 3.05) is 38.1 Å². The van der Waals surface area contributed by atoms with Crippen molar-refractivity contribution in [3.05, 3.63) is 36.0 Å². The first kappa shape index (κ1) is 15.3. The van der Waals surface area contributed by atoms with Crippen LogP contribution in [-0.4, -0.2) is 38.4 Å². The van der Waals surface area contributed by atoms with E-state index in [1.807, 2.05) is 40.2 Å². The minimum absolute atomic E-state index is 0.165. The lowest BCUT2D eigenvalue weighted by molar-refractivity contribution is 0.109. The number of methoxy groups -OCH3 is 1. The van der Waals surface area contributed by atoms with Gasteiger partial charge in [-0.2, -0.15) is 4.98 Å². The Balaban J connectivity index is 2.15. The SMILES string of the molecule is COC(C)c1noc(CN(C)c2ccccc2N(C)C)n1. The summed E-state index contributed by atoms with van der Waals surface area (Å²) in [6.07, 6.45) is -0.165. The van der Waals surface area contributed by atoms with Crippen LogP contribution in [0.3, 0.4) is 0 Å². The highest BCUT2D eigenvalue weighted by Gasteiger charge is 2.16. The molecule has 0 radical (unpaired) electrons. The molecular weight excluding hydrogens is 268 g/mol. The van der Waals surface area contributed by atoms with E-state index in [9.17, 15) is 0 Å². The Labute approximate surface area is 125 Å². The molecule has 0 aliphatic heterocycles. The number of para-hydroxylation sites is 2. The van der Waals surface area contributed by atoms with Crippen LogP contribution in [0, 0.1) is 0 Å². The van der Waals surface area contributed by atoms with Crippen molar-refractivity contribution in [2.24, 2.45) is 0 Å². The number of rotatable bonds is 6. The third kappa shape index (κ3) is 3.52. The molecular formula is C15H22N4O2. The fourth-order valence-corrected chi connectivity index (χ4v) is 2.06. The molecule has 0 spiro atoms. The summed E-state index contributed by atoms with van der Waals surface area (Å²) >= 11 is 0. The number of hydrogen-bond donors (Lipinski definition) is 0. The van der Waals surface area contributed by atoms with E-state index in [1.54, 1.807) is 7.11 Å². The topological polar surface area (TPSA) is 54.6 Å². The summed E-state index contributed by atoms with van der Waals surface area (Å²) in [5.74, 6) is 1.15. The first-order valence-corrected chi connectivity index (χ1v) is 6.85. The van der Waals surface area contributed by atoms with Crippen molar-refractivity contribution < 1.29 is 9.26 Å². The predicted octanol–water partition coefficient (Wildman–Crippen LogP) is 2.48. The second-order valence-electron chi connectivity index (χ2n) is 5.16. The van der Waals surface area contributed by atoms with Gasteiger partial charge >= 0.3 is 0 Å². The summed E-state index contributed by atoms with van der Waals surface area (Å²) in [5.41, 5.74) is 2.26. The average molecular weight is 290 g/mol. The van der Waals surface area contributed by atoms with E-state index in [4.69, 9.17) is 9.26 Å². The lowest BCUT2D eigenvalue weighted by Gasteiger charge is -2.24. The summed E-state index contributed by atoms with van der Waals surface area (Å²) in [5, 5.41) is 3.94. The molecule has 2 rings (SSSR count). The van der Waals surface area contributed by atoms with Crippen LogP contribution < -0.4 is 9.80 Å². The fourth-order valence-electron chi connectivity index (χ4n) is 2.06. The van der Waals surface area contributed by atoms with Crippen LogP contribution in [0.5, 0.6) is 0 Å². The Morgan fingerprint density at radius 1 is 1.19 bits per heavy atom. The second-order valence-corrected chi connectivity index (χ2v) is 5.16. The average Bonchev–Trinajstić information content (AvgIpc) is 2.94. The smallest absolute Gasteiger partial charge is 0.246 e. The Morgan fingerprint density at radius 3 is 2.48 bits per heavy atom. The summed E-state index contributed by atoms with van der Waals surface area (Å²) in [4.78, 5) is 8.53. The van der Waals surface area contributed by atoms with E-state index in [1.165, 1.54) is 0 Å². The van der Waals surface area contributed by atoms with Gasteiger partial charge in [0, 0.05) is 28.3 Å². The third-order valence-electron chi connectivity index (χ3n) is 3.35. The highest BCUT2D eigenvalue weighted by atomic mass is 16.5. The van der Waals surface area contributed by atoms with Gasteiger partial charge in [-0.15, -0.1) is 0 Å². The molecule has 1 aromatic heterocycles. The van der Waals surface area contributed by atoms with Crippen LogP contribution in [0.15, 0.2) is 28.8 Å². The van der Waals surface area contributed by atoms with Gasteiger partial charge in [0.25, 0.3) is 0 Å². The number of benzene rings is 1. The first-order valence-electron chi connectivity index (χ1n) is 6.85. The molecule has 0 aliphatic carbocycles. The Kier molecular flexibility index (Phi) is 4.80. The van der Waals surface area contributed by atoms with E-state index >= 15 is 0 Å². The number of aromatic nitrogens is 2. The van der Waals surface area contributed by atoms with Gasteiger partial charge in [0.15, 0.2) is 5.82 Å². The maximum atomic E-state index is 5.28. The molecule has 1 atom stereocenters. The van der Waals surface area contributed by atoms with Gasteiger partial charge in [0.1, 0.15) is 6.10 Å². The van der Waals surface area contributed by atoms with E-state index in [2.05, 4.69) is 32.1 Å². The number of hydrogen-bond acceptors (Lipinski definition) is 6. The lowest BCUT2D eigenvalue weighted by atomic mass is 10.2. The van der Waals surface area contributed by atoms with Crippen LogP contribution in [-0.2, 0) is 11.3 Å². The zero-order valence-corrected chi connectivity index (χ0v) is 13.2. The van der Waals surface area contributed by atoms with Crippen LogP contribution in [0.1, 0.15) is 24.7 Å². The molecule has 0 aliphatic rings. The second kappa shape index (κ2) is 6.58. The molecule has 6 nitrogen and oxygen atoms in total. The molecule has 0 N–H and O–H groups in total. The Bertz CT molecular complexity index is 583. The molecule has 0 amide bonds. The van der Waals surface area contributed by atoms with Gasteiger partial charge < -0.3 is 19.1 Å². The largest absolute Gasteiger partial charge is 0.376 e. The number of ether oxygens (including phenoxy) is 1. The Hall–Kier alpha value is -2.08. The maximum Gasteiger partial charge on any atom is 0.246 e. The molecule has 21 heavy (non-hydrogen) atoms. The van der Waals surface area contributed by atoms with Gasteiger partial charge in [0.05, 0.1) is 17.9 Å². The highest BCUT2D eigenvalue weighted by molar-refractivity contribution is 5.70. The van der Waals surface area contributed by atoms with Crippen molar-refractivity contribution in [3.63, 3.8) is 0 Å². The molecule has 1 aromatic carbocycles. The molecule has 6 heteroatoms. The maximum absolute atomic E-state index is 5.28. The molecule has 1 unspecified atom stereocenters. The normalized spacial score (nSPS) is 12.2. The summed E-state index contributed by atoms with van der Waals surface area (Å²) in [6.45, 7) is 2.44. The Morgan fingerprint density at radius 2 is 1.86 bits per heavy atom. The van der Waals surface area contributed by atoms with Crippen LogP contribution >= 0.6 is 0 Å². The molecule has 1 heterocycles. The van der Waals surface area contributed by atoms with Crippen molar-refractivity contribution in [2.45, 2.75) is 19.6 Å². The van der Waals surface area contributed by atoms with Gasteiger partial charge in [0.2, 0.25) is 5.89 Å². The first-order chi connectivity index (χ1) is 10.0. The predicted molar refractivity (Wildman–Crippen MR) is 82.6 cm³/mol. The summed E-state index contributed by atoms with van der Waals surface area (Å²) in [7, 11) is 7.68. The van der Waals surface area contributed by atoms with Gasteiger partial charge in [-0.05, 0) is 19.1 Å². The highest BCUT2D eigenvalue weighted by Crippen LogP contribution is 2.27. The number of anilines is 2. The quantitative estimate of drug-likeness (QED) is 0.814. The minimum atomic E-state index is -0.165. The van der Waals surface area contributed by atoms with E-state index < -0.39 is 0 Å². The van der Waals surface area contributed by atoms with E-state index in [0.29, 0.717) is 18.3 Å². The number of nitrogens with zero attached hydrogens (tertiary/aromatic N) is 4. The zero-order valence-electron chi connectivity index (χ0n) is 13.2. The molecule has 114 valence electrons. The van der Waals surface area contributed by atoms with Crippen molar-refractivity contribution in [1.82, 2.24) is 10.1 Å². The molecule has 0 bridgehead atoms. The van der Waals surface area contributed by atoms with Crippen LogP contribution in [0.4, 0.5) is 11.4 Å².